The Morgan fingerprint density at radius 3 is 2.25 bits per heavy atom. The number of amides is 2. The Labute approximate surface area is 141 Å². The van der Waals surface area contributed by atoms with Gasteiger partial charge >= 0.3 is 0 Å². The van der Waals surface area contributed by atoms with Crippen molar-refractivity contribution >= 4 is 17.5 Å². The molecule has 2 N–H and O–H groups in total. The fourth-order valence-electron chi connectivity index (χ4n) is 2.15. The van der Waals surface area contributed by atoms with Gasteiger partial charge in [0.05, 0.1) is 13.2 Å². The first-order valence-corrected chi connectivity index (χ1v) is 7.51. The molecule has 0 heterocycles. The Balaban J connectivity index is 2.00. The second kappa shape index (κ2) is 7.97. The van der Waals surface area contributed by atoms with Gasteiger partial charge in [0.25, 0.3) is 5.91 Å². The molecule has 0 radical (unpaired) electrons. The Bertz CT molecular complexity index is 721. The third-order valence-electron chi connectivity index (χ3n) is 3.56. The fourth-order valence-corrected chi connectivity index (χ4v) is 2.15. The predicted molar refractivity (Wildman–Crippen MR) is 94.1 cm³/mol. The molecular weight excluding hydrogens is 304 g/mol. The predicted octanol–water partition coefficient (Wildman–Crippen LogP) is 3.31. The van der Waals surface area contributed by atoms with E-state index in [-0.39, 0.29) is 17.9 Å². The average molecular weight is 324 g/mol. The second-order valence-electron chi connectivity index (χ2n) is 5.24. The summed E-state index contributed by atoms with van der Waals surface area (Å²) in [6, 6.07) is 14.1. The molecule has 2 rings (SSSR count). The van der Waals surface area contributed by atoms with Crippen LogP contribution in [0.1, 0.15) is 28.9 Å². The second-order valence-corrected chi connectivity index (χ2v) is 5.24. The standard InChI is InChI=1S/C19H20N2O3/c1-4-18(22)21-16-9-5-15(6-10-16)19(23)20-13(2)14-7-11-17(24-3)12-8-14/h4-13H,1H2,2-3H3,(H,20,23)(H,21,22)/t13-/m0/s1. The van der Waals surface area contributed by atoms with E-state index in [0.29, 0.717) is 11.3 Å². The van der Waals surface area contributed by atoms with Crippen LogP contribution in [0, 0.1) is 0 Å². The summed E-state index contributed by atoms with van der Waals surface area (Å²) in [5.74, 6) is 0.301. The lowest BCUT2D eigenvalue weighted by molar-refractivity contribution is -0.111. The van der Waals surface area contributed by atoms with Gasteiger partial charge in [-0.2, -0.15) is 0 Å². The largest absolute Gasteiger partial charge is 0.497 e. The summed E-state index contributed by atoms with van der Waals surface area (Å²) < 4.78 is 5.12. The molecule has 0 aliphatic rings. The highest BCUT2D eigenvalue weighted by atomic mass is 16.5. The smallest absolute Gasteiger partial charge is 0.251 e. The van der Waals surface area contributed by atoms with Crippen LogP contribution in [0.5, 0.6) is 5.75 Å². The average Bonchev–Trinajstić information content (AvgIpc) is 2.62. The van der Waals surface area contributed by atoms with E-state index in [1.807, 2.05) is 31.2 Å². The molecule has 5 nitrogen and oxygen atoms in total. The first-order chi connectivity index (χ1) is 11.5. The molecule has 2 aromatic rings. The summed E-state index contributed by atoms with van der Waals surface area (Å²) in [5, 5.41) is 5.57. The van der Waals surface area contributed by atoms with Crippen molar-refractivity contribution in [2.24, 2.45) is 0 Å². The molecule has 0 unspecified atom stereocenters. The third-order valence-corrected chi connectivity index (χ3v) is 3.56. The van der Waals surface area contributed by atoms with Gasteiger partial charge in [0.1, 0.15) is 5.75 Å². The zero-order chi connectivity index (χ0) is 17.5. The van der Waals surface area contributed by atoms with Gasteiger partial charge in [-0.3, -0.25) is 9.59 Å². The summed E-state index contributed by atoms with van der Waals surface area (Å²) in [4.78, 5) is 23.5. The maximum atomic E-state index is 12.3. The minimum atomic E-state index is -0.291. The lowest BCUT2D eigenvalue weighted by Gasteiger charge is -2.15. The molecule has 2 amide bonds. The Kier molecular flexibility index (Phi) is 5.73. The van der Waals surface area contributed by atoms with E-state index < -0.39 is 0 Å². The Hall–Kier alpha value is -3.08. The van der Waals surface area contributed by atoms with Crippen molar-refractivity contribution in [3.63, 3.8) is 0 Å². The summed E-state index contributed by atoms with van der Waals surface area (Å²) in [6.07, 6.45) is 1.19. The van der Waals surface area contributed by atoms with Crippen LogP contribution >= 0.6 is 0 Å². The van der Waals surface area contributed by atoms with Crippen LogP contribution in [0.25, 0.3) is 0 Å². The normalized spacial score (nSPS) is 11.2. The van der Waals surface area contributed by atoms with Crippen molar-refractivity contribution in [1.82, 2.24) is 5.32 Å². The number of benzene rings is 2. The molecule has 0 aliphatic heterocycles. The van der Waals surface area contributed by atoms with Gasteiger partial charge in [0.2, 0.25) is 5.91 Å². The van der Waals surface area contributed by atoms with Gasteiger partial charge in [-0.05, 0) is 55.0 Å². The lowest BCUT2D eigenvalue weighted by Crippen LogP contribution is -2.26. The molecule has 0 fully saturated rings. The van der Waals surface area contributed by atoms with Crippen molar-refractivity contribution in [2.75, 3.05) is 12.4 Å². The molecule has 0 saturated carbocycles. The molecule has 2 aromatic carbocycles. The number of methoxy groups -OCH3 is 1. The third kappa shape index (κ3) is 4.46. The number of carbonyl (C=O) groups is 2. The van der Waals surface area contributed by atoms with Gasteiger partial charge in [0.15, 0.2) is 0 Å². The van der Waals surface area contributed by atoms with E-state index in [1.165, 1.54) is 6.08 Å². The summed E-state index contributed by atoms with van der Waals surface area (Å²) >= 11 is 0. The van der Waals surface area contributed by atoms with Crippen molar-refractivity contribution in [1.29, 1.82) is 0 Å². The molecule has 1 atom stereocenters. The van der Waals surface area contributed by atoms with Gasteiger partial charge in [-0.1, -0.05) is 18.7 Å². The number of ether oxygens (including phenoxy) is 1. The minimum absolute atomic E-state index is 0.136. The molecule has 5 heteroatoms. The summed E-state index contributed by atoms with van der Waals surface area (Å²) in [5.41, 5.74) is 2.12. The van der Waals surface area contributed by atoms with E-state index in [4.69, 9.17) is 4.74 Å². The van der Waals surface area contributed by atoms with Crippen LogP contribution in [0.15, 0.2) is 61.2 Å². The lowest BCUT2D eigenvalue weighted by atomic mass is 10.1. The van der Waals surface area contributed by atoms with Crippen molar-refractivity contribution in [3.05, 3.63) is 72.3 Å². The van der Waals surface area contributed by atoms with Crippen molar-refractivity contribution in [2.45, 2.75) is 13.0 Å². The molecule has 24 heavy (non-hydrogen) atoms. The molecular formula is C19H20N2O3. The number of nitrogens with one attached hydrogen (secondary N) is 2. The fraction of sp³-hybridized carbons (Fsp3) is 0.158. The number of anilines is 1. The maximum absolute atomic E-state index is 12.3. The van der Waals surface area contributed by atoms with Crippen LogP contribution in [0.2, 0.25) is 0 Å². The first kappa shape index (κ1) is 17.3. The zero-order valence-corrected chi connectivity index (χ0v) is 13.7. The topological polar surface area (TPSA) is 67.4 Å². The van der Waals surface area contributed by atoms with E-state index in [9.17, 15) is 9.59 Å². The molecule has 0 saturated heterocycles. The van der Waals surface area contributed by atoms with Crippen LogP contribution < -0.4 is 15.4 Å². The SMILES string of the molecule is C=CC(=O)Nc1ccc(C(=O)N[C@@H](C)c2ccc(OC)cc2)cc1. The molecule has 0 bridgehead atoms. The van der Waals surface area contributed by atoms with Gasteiger partial charge in [-0.15, -0.1) is 0 Å². The zero-order valence-electron chi connectivity index (χ0n) is 13.7. The van der Waals surface area contributed by atoms with E-state index in [1.54, 1.807) is 31.4 Å². The Morgan fingerprint density at radius 1 is 1.08 bits per heavy atom. The molecule has 0 aliphatic carbocycles. The number of hydrogen-bond donors (Lipinski definition) is 2. The summed E-state index contributed by atoms with van der Waals surface area (Å²) in [6.45, 7) is 5.31. The Morgan fingerprint density at radius 2 is 1.71 bits per heavy atom. The molecule has 0 aromatic heterocycles. The van der Waals surface area contributed by atoms with Crippen LogP contribution in [0.3, 0.4) is 0 Å². The van der Waals surface area contributed by atoms with E-state index >= 15 is 0 Å². The van der Waals surface area contributed by atoms with Gasteiger partial charge in [-0.25, -0.2) is 0 Å². The highest BCUT2D eigenvalue weighted by Crippen LogP contribution is 2.18. The quantitative estimate of drug-likeness (QED) is 0.801. The highest BCUT2D eigenvalue weighted by Gasteiger charge is 2.11. The van der Waals surface area contributed by atoms with Crippen molar-refractivity contribution in [3.8, 4) is 5.75 Å². The van der Waals surface area contributed by atoms with Gasteiger partial charge < -0.3 is 15.4 Å². The number of rotatable bonds is 6. The number of hydrogen-bond acceptors (Lipinski definition) is 3. The van der Waals surface area contributed by atoms with Crippen LogP contribution in [0.4, 0.5) is 5.69 Å². The highest BCUT2D eigenvalue weighted by molar-refractivity contribution is 5.99. The van der Waals surface area contributed by atoms with Crippen molar-refractivity contribution < 1.29 is 14.3 Å². The minimum Gasteiger partial charge on any atom is -0.497 e. The number of carbonyl (C=O) groups excluding carboxylic acids is 2. The summed E-state index contributed by atoms with van der Waals surface area (Å²) in [7, 11) is 1.61. The first-order valence-electron chi connectivity index (χ1n) is 7.51. The maximum Gasteiger partial charge on any atom is 0.251 e. The van der Waals surface area contributed by atoms with E-state index in [2.05, 4.69) is 17.2 Å². The van der Waals surface area contributed by atoms with Crippen LogP contribution in [-0.2, 0) is 4.79 Å². The van der Waals surface area contributed by atoms with Gasteiger partial charge in [0, 0.05) is 11.3 Å². The van der Waals surface area contributed by atoms with Crippen LogP contribution in [-0.4, -0.2) is 18.9 Å². The molecule has 124 valence electrons. The molecule has 0 spiro atoms. The van der Waals surface area contributed by atoms with E-state index in [0.717, 1.165) is 11.3 Å². The monoisotopic (exact) mass is 324 g/mol.